The summed E-state index contributed by atoms with van der Waals surface area (Å²) in [6, 6.07) is 14.5. The van der Waals surface area contributed by atoms with Gasteiger partial charge in [0.1, 0.15) is 0 Å². The zero-order valence-electron chi connectivity index (χ0n) is 14.8. The number of esters is 1. The summed E-state index contributed by atoms with van der Waals surface area (Å²) in [6.07, 6.45) is 0. The largest absolute Gasteiger partial charge is 0.465 e. The van der Waals surface area contributed by atoms with Crippen LogP contribution in [0.15, 0.2) is 52.9 Å². The molecule has 3 rings (SSSR count). The number of amides is 1. The van der Waals surface area contributed by atoms with E-state index < -0.39 is 5.97 Å². The average molecular weight is 399 g/mol. The van der Waals surface area contributed by atoms with Gasteiger partial charge in [0.25, 0.3) is 0 Å². The first-order valence-electron chi connectivity index (χ1n) is 8.07. The van der Waals surface area contributed by atoms with E-state index in [1.165, 1.54) is 36.0 Å². The maximum atomic E-state index is 12.1. The summed E-state index contributed by atoms with van der Waals surface area (Å²) >= 11 is 2.61. The Hall–Kier alpha value is -2.71. The molecule has 1 heterocycles. The van der Waals surface area contributed by atoms with Crippen LogP contribution >= 0.6 is 23.3 Å². The van der Waals surface area contributed by atoms with Crippen LogP contribution in [0.1, 0.15) is 15.9 Å². The number of ether oxygens (including phenoxy) is 1. The Balaban J connectivity index is 1.53. The molecule has 0 unspecified atom stereocenters. The summed E-state index contributed by atoms with van der Waals surface area (Å²) in [6.45, 7) is 2.03. The van der Waals surface area contributed by atoms with E-state index in [9.17, 15) is 9.59 Å². The van der Waals surface area contributed by atoms with Crippen molar-refractivity contribution >= 4 is 40.9 Å². The fourth-order valence-electron chi connectivity index (χ4n) is 2.22. The highest BCUT2D eigenvalue weighted by molar-refractivity contribution is 8.01. The zero-order chi connectivity index (χ0) is 19.2. The molecule has 138 valence electrons. The van der Waals surface area contributed by atoms with E-state index in [0.29, 0.717) is 17.1 Å². The summed E-state index contributed by atoms with van der Waals surface area (Å²) in [4.78, 5) is 28.0. The first kappa shape index (κ1) is 19.1. The number of benzene rings is 2. The van der Waals surface area contributed by atoms with E-state index in [1.807, 2.05) is 31.2 Å². The van der Waals surface area contributed by atoms with Crippen molar-refractivity contribution in [3.05, 3.63) is 59.7 Å². The van der Waals surface area contributed by atoms with E-state index in [1.54, 1.807) is 24.3 Å². The Morgan fingerprint density at radius 1 is 1.11 bits per heavy atom. The van der Waals surface area contributed by atoms with Crippen LogP contribution in [-0.2, 0) is 9.53 Å². The Labute approximate surface area is 165 Å². The Bertz CT molecular complexity index is 938. The minimum Gasteiger partial charge on any atom is -0.465 e. The number of carbonyl (C=O) groups is 2. The lowest BCUT2D eigenvalue weighted by Crippen LogP contribution is -2.14. The Kier molecular flexibility index (Phi) is 6.20. The summed E-state index contributed by atoms with van der Waals surface area (Å²) in [5.41, 5.74) is 3.19. The molecule has 2 aromatic carbocycles. The average Bonchev–Trinajstić information content (AvgIpc) is 3.16. The molecule has 0 fully saturated rings. The fraction of sp³-hybridized carbons (Fsp3) is 0.158. The van der Waals surface area contributed by atoms with Gasteiger partial charge in [-0.1, -0.05) is 41.6 Å². The van der Waals surface area contributed by atoms with E-state index in [2.05, 4.69) is 19.4 Å². The highest BCUT2D eigenvalue weighted by Crippen LogP contribution is 2.25. The van der Waals surface area contributed by atoms with E-state index in [-0.39, 0.29) is 11.7 Å². The molecule has 0 saturated heterocycles. The van der Waals surface area contributed by atoms with Crippen molar-refractivity contribution in [3.63, 3.8) is 0 Å². The van der Waals surface area contributed by atoms with Gasteiger partial charge < -0.3 is 10.1 Å². The molecule has 1 N–H and O–H groups in total. The first-order chi connectivity index (χ1) is 13.0. The van der Waals surface area contributed by atoms with E-state index in [0.717, 1.165) is 9.90 Å². The lowest BCUT2D eigenvalue weighted by Gasteiger charge is -2.05. The van der Waals surface area contributed by atoms with Crippen LogP contribution in [0.25, 0.3) is 11.4 Å². The van der Waals surface area contributed by atoms with Crippen LogP contribution in [0.3, 0.4) is 0 Å². The molecular weight excluding hydrogens is 382 g/mol. The molecule has 27 heavy (non-hydrogen) atoms. The third-order valence-corrected chi connectivity index (χ3v) is 5.47. The number of hydrogen-bond acceptors (Lipinski definition) is 7. The first-order valence-corrected chi connectivity index (χ1v) is 9.83. The molecular formula is C19H17N3O3S2. The summed E-state index contributed by atoms with van der Waals surface area (Å²) in [5.74, 6) is 0.324. The molecule has 8 heteroatoms. The van der Waals surface area contributed by atoms with Crippen LogP contribution in [0.2, 0.25) is 0 Å². The second-order valence-electron chi connectivity index (χ2n) is 5.66. The number of carbonyl (C=O) groups excluding carboxylic acids is 2. The molecule has 1 amide bonds. The van der Waals surface area contributed by atoms with Crippen molar-refractivity contribution < 1.29 is 14.3 Å². The van der Waals surface area contributed by atoms with Crippen molar-refractivity contribution in [3.8, 4) is 11.4 Å². The maximum Gasteiger partial charge on any atom is 0.337 e. The number of nitrogens with zero attached hydrogens (tertiary/aromatic N) is 2. The van der Waals surface area contributed by atoms with Gasteiger partial charge in [0.15, 0.2) is 10.2 Å². The molecule has 3 aromatic rings. The number of methoxy groups -OCH3 is 1. The molecule has 0 bridgehead atoms. The van der Waals surface area contributed by atoms with Crippen LogP contribution in [0, 0.1) is 6.92 Å². The van der Waals surface area contributed by atoms with Gasteiger partial charge >= 0.3 is 5.97 Å². The number of aromatic nitrogens is 2. The fourth-order valence-corrected chi connectivity index (χ4v) is 3.64. The Morgan fingerprint density at radius 2 is 1.81 bits per heavy atom. The Morgan fingerprint density at radius 3 is 2.48 bits per heavy atom. The number of thioether (sulfide) groups is 1. The molecule has 0 saturated carbocycles. The monoisotopic (exact) mass is 399 g/mol. The van der Waals surface area contributed by atoms with Gasteiger partial charge in [-0.2, -0.15) is 4.37 Å². The lowest BCUT2D eigenvalue weighted by atomic mass is 10.1. The van der Waals surface area contributed by atoms with Gasteiger partial charge in [-0.15, -0.1) is 0 Å². The second kappa shape index (κ2) is 8.79. The quantitative estimate of drug-likeness (QED) is 0.498. The van der Waals surface area contributed by atoms with Gasteiger partial charge in [0, 0.05) is 11.3 Å². The van der Waals surface area contributed by atoms with Crippen LogP contribution in [0.5, 0.6) is 0 Å². The number of aryl methyl sites for hydroxylation is 1. The van der Waals surface area contributed by atoms with Gasteiger partial charge in [-0.25, -0.2) is 9.78 Å². The predicted molar refractivity (Wildman–Crippen MR) is 107 cm³/mol. The van der Waals surface area contributed by atoms with Crippen LogP contribution in [-0.4, -0.2) is 34.1 Å². The van der Waals surface area contributed by atoms with Gasteiger partial charge in [-0.3, -0.25) is 4.79 Å². The summed E-state index contributed by atoms with van der Waals surface area (Å²) in [5, 5.41) is 2.79. The van der Waals surface area contributed by atoms with Gasteiger partial charge in [0.2, 0.25) is 5.91 Å². The third kappa shape index (κ3) is 5.15. The highest BCUT2D eigenvalue weighted by Gasteiger charge is 2.10. The molecule has 0 aliphatic heterocycles. The standard InChI is InChI=1S/C19H17N3O3S2/c1-12-3-5-13(6-4-12)17-21-19(27-22-17)26-11-16(23)20-15-9-7-14(8-10-15)18(24)25-2/h3-10H,11H2,1-2H3,(H,20,23). The van der Waals surface area contributed by atoms with E-state index in [4.69, 9.17) is 0 Å². The second-order valence-corrected chi connectivity index (χ2v) is 7.63. The summed E-state index contributed by atoms with van der Waals surface area (Å²) < 4.78 is 9.73. The van der Waals surface area contributed by atoms with Crippen molar-refractivity contribution in [2.75, 3.05) is 18.2 Å². The molecule has 0 aliphatic carbocycles. The van der Waals surface area contributed by atoms with Crippen LogP contribution < -0.4 is 5.32 Å². The normalized spacial score (nSPS) is 10.4. The van der Waals surface area contributed by atoms with Gasteiger partial charge in [-0.05, 0) is 42.7 Å². The molecule has 6 nitrogen and oxygen atoms in total. The van der Waals surface area contributed by atoms with E-state index >= 15 is 0 Å². The molecule has 1 aromatic heterocycles. The third-order valence-electron chi connectivity index (χ3n) is 3.63. The molecule has 0 radical (unpaired) electrons. The maximum absolute atomic E-state index is 12.1. The molecule has 0 aliphatic rings. The van der Waals surface area contributed by atoms with Crippen LogP contribution in [0.4, 0.5) is 5.69 Å². The van der Waals surface area contributed by atoms with Crippen molar-refractivity contribution in [1.29, 1.82) is 0 Å². The number of rotatable bonds is 6. The van der Waals surface area contributed by atoms with Crippen molar-refractivity contribution in [2.45, 2.75) is 11.3 Å². The van der Waals surface area contributed by atoms with Gasteiger partial charge in [0.05, 0.1) is 18.4 Å². The summed E-state index contributed by atoms with van der Waals surface area (Å²) in [7, 11) is 1.33. The number of hydrogen-bond donors (Lipinski definition) is 1. The topological polar surface area (TPSA) is 81.2 Å². The predicted octanol–water partition coefficient (Wildman–Crippen LogP) is 4.03. The van der Waals surface area contributed by atoms with Crippen molar-refractivity contribution in [2.24, 2.45) is 0 Å². The number of nitrogens with one attached hydrogen (secondary N) is 1. The smallest absolute Gasteiger partial charge is 0.337 e. The minimum absolute atomic E-state index is 0.155. The minimum atomic E-state index is -0.413. The lowest BCUT2D eigenvalue weighted by molar-refractivity contribution is -0.113. The molecule has 0 atom stereocenters. The number of anilines is 1. The van der Waals surface area contributed by atoms with Crippen molar-refractivity contribution in [1.82, 2.24) is 9.36 Å². The SMILES string of the molecule is COC(=O)c1ccc(NC(=O)CSc2nc(-c3ccc(C)cc3)ns2)cc1. The highest BCUT2D eigenvalue weighted by atomic mass is 32.2. The molecule has 0 spiro atoms. The zero-order valence-corrected chi connectivity index (χ0v) is 16.4.